The van der Waals surface area contributed by atoms with Crippen molar-refractivity contribution in [3.8, 4) is 0 Å². The molecule has 1 aliphatic rings. The third-order valence-electron chi connectivity index (χ3n) is 7.65. The molecule has 1 aromatic carbocycles. The van der Waals surface area contributed by atoms with Crippen molar-refractivity contribution < 1.29 is 1.43 Å². The minimum absolute atomic E-state index is 0. The molecule has 3 heterocycles. The first-order valence-corrected chi connectivity index (χ1v) is 13.8. The molecule has 1 fully saturated rings. The van der Waals surface area contributed by atoms with Gasteiger partial charge in [0.2, 0.25) is 0 Å². The highest BCUT2D eigenvalue weighted by atomic mass is 15.3. The Morgan fingerprint density at radius 1 is 1.11 bits per heavy atom. The number of allylic oxidation sites excluding steroid dienone is 2. The number of pyridine rings is 2. The molecule has 6 heteroatoms. The van der Waals surface area contributed by atoms with Crippen LogP contribution in [0.3, 0.4) is 0 Å². The second-order valence-electron chi connectivity index (χ2n) is 11.2. The van der Waals surface area contributed by atoms with Gasteiger partial charge in [0.1, 0.15) is 11.6 Å². The van der Waals surface area contributed by atoms with Gasteiger partial charge in [-0.25, -0.2) is 9.97 Å². The van der Waals surface area contributed by atoms with Crippen LogP contribution in [0.2, 0.25) is 0 Å². The van der Waals surface area contributed by atoms with Gasteiger partial charge in [0.05, 0.1) is 0 Å². The number of nitrogens with one attached hydrogen (secondary N) is 1. The zero-order valence-electron chi connectivity index (χ0n) is 23.9. The highest BCUT2D eigenvalue weighted by molar-refractivity contribution is 5.88. The Hall–Kier alpha value is -3.38. The fourth-order valence-corrected chi connectivity index (χ4v) is 5.18. The largest absolute Gasteiger partial charge is 0.383 e. The molecule has 0 radical (unpaired) electrons. The number of benzene rings is 1. The molecule has 1 saturated heterocycles. The zero-order chi connectivity index (χ0) is 27.1. The molecule has 4 rings (SSSR count). The molecular formula is C32H46N6. The first-order chi connectivity index (χ1) is 18.3. The molecule has 204 valence electrons. The van der Waals surface area contributed by atoms with E-state index >= 15 is 0 Å². The number of nitrogens with zero attached hydrogens (tertiary/aromatic N) is 5. The molecule has 3 aromatic rings. The quantitative estimate of drug-likeness (QED) is 0.217. The van der Waals surface area contributed by atoms with Crippen LogP contribution in [0.5, 0.6) is 0 Å². The molecule has 1 N–H and O–H groups in total. The SMILES string of the molecule is C=C/C(=C\N(C)C)c1ccc2cnc(NCCCc3ccnc(N4CC(CC)(CCN(C)C)C4)c3)cc2c1.[HH]. The number of hydrogen-bond acceptors (Lipinski definition) is 6. The summed E-state index contributed by atoms with van der Waals surface area (Å²) in [6.45, 7) is 10.6. The van der Waals surface area contributed by atoms with E-state index in [1.807, 2.05) is 37.5 Å². The summed E-state index contributed by atoms with van der Waals surface area (Å²) in [7, 11) is 8.38. The van der Waals surface area contributed by atoms with E-state index in [9.17, 15) is 0 Å². The summed E-state index contributed by atoms with van der Waals surface area (Å²) in [4.78, 5) is 16.1. The van der Waals surface area contributed by atoms with Crippen LogP contribution in [0, 0.1) is 5.41 Å². The maximum Gasteiger partial charge on any atom is 0.128 e. The van der Waals surface area contributed by atoms with Crippen LogP contribution in [-0.4, -0.2) is 74.1 Å². The van der Waals surface area contributed by atoms with Crippen LogP contribution in [-0.2, 0) is 6.42 Å². The zero-order valence-corrected chi connectivity index (χ0v) is 23.9. The highest BCUT2D eigenvalue weighted by Gasteiger charge is 2.41. The summed E-state index contributed by atoms with van der Waals surface area (Å²) in [5.74, 6) is 2.04. The van der Waals surface area contributed by atoms with Crippen molar-refractivity contribution in [1.82, 2.24) is 19.8 Å². The summed E-state index contributed by atoms with van der Waals surface area (Å²) >= 11 is 0. The molecule has 0 spiro atoms. The van der Waals surface area contributed by atoms with Crippen molar-refractivity contribution in [3.63, 3.8) is 0 Å². The number of aromatic nitrogens is 2. The minimum Gasteiger partial charge on any atom is -0.383 e. The Morgan fingerprint density at radius 2 is 1.92 bits per heavy atom. The average Bonchev–Trinajstić information content (AvgIpc) is 2.89. The molecule has 0 amide bonds. The van der Waals surface area contributed by atoms with E-state index in [4.69, 9.17) is 0 Å². The van der Waals surface area contributed by atoms with Gasteiger partial charge in [0.15, 0.2) is 0 Å². The van der Waals surface area contributed by atoms with Gasteiger partial charge in [0.25, 0.3) is 0 Å². The lowest BCUT2D eigenvalue weighted by molar-refractivity contribution is 0.164. The van der Waals surface area contributed by atoms with Crippen molar-refractivity contribution in [3.05, 3.63) is 78.8 Å². The Morgan fingerprint density at radius 3 is 2.63 bits per heavy atom. The molecule has 0 aliphatic carbocycles. The smallest absolute Gasteiger partial charge is 0.128 e. The third kappa shape index (κ3) is 6.93. The molecule has 0 unspecified atom stereocenters. The standard InChI is InChI=1S/C32H44N6.H2/c1-7-26(22-37(5)6)27-11-12-28-21-35-30(20-29(28)19-27)33-15-9-10-25-13-16-34-31(18-25)38-23-32(8-2,24-38)14-17-36(3)4;/h7,11-13,16,18-22H,1,8-10,14-15,17,23-24H2,2-6H3,(H,33,35);1H/b26-22+;. The molecule has 38 heavy (non-hydrogen) atoms. The summed E-state index contributed by atoms with van der Waals surface area (Å²) in [6.07, 6.45) is 12.4. The van der Waals surface area contributed by atoms with Crippen LogP contribution in [0.25, 0.3) is 16.3 Å². The van der Waals surface area contributed by atoms with E-state index < -0.39 is 0 Å². The van der Waals surface area contributed by atoms with Gasteiger partial charge in [-0.3, -0.25) is 0 Å². The van der Waals surface area contributed by atoms with E-state index in [1.54, 1.807) is 0 Å². The van der Waals surface area contributed by atoms with E-state index in [2.05, 4.69) is 95.3 Å². The predicted molar refractivity (Wildman–Crippen MR) is 165 cm³/mol. The molecule has 0 atom stereocenters. The lowest BCUT2D eigenvalue weighted by Gasteiger charge is -2.51. The van der Waals surface area contributed by atoms with Gasteiger partial charge >= 0.3 is 0 Å². The number of aryl methyl sites for hydroxylation is 1. The normalized spacial score (nSPS) is 15.0. The van der Waals surface area contributed by atoms with Gasteiger partial charge in [-0.05, 0) is 92.7 Å². The molecule has 6 nitrogen and oxygen atoms in total. The van der Waals surface area contributed by atoms with Gasteiger partial charge in [0, 0.05) is 64.6 Å². The number of hydrogen-bond donors (Lipinski definition) is 1. The monoisotopic (exact) mass is 514 g/mol. The summed E-state index contributed by atoms with van der Waals surface area (Å²) in [5.41, 5.74) is 4.05. The fourth-order valence-electron chi connectivity index (χ4n) is 5.18. The van der Waals surface area contributed by atoms with E-state index in [0.29, 0.717) is 5.41 Å². The molecule has 0 saturated carbocycles. The summed E-state index contributed by atoms with van der Waals surface area (Å²) < 4.78 is 0. The van der Waals surface area contributed by atoms with Crippen LogP contribution >= 0.6 is 0 Å². The fraction of sp³-hybridized carbons (Fsp3) is 0.438. The lowest BCUT2D eigenvalue weighted by atomic mass is 9.74. The Balaban J connectivity index is 0.00000420. The van der Waals surface area contributed by atoms with Gasteiger partial charge in [-0.2, -0.15) is 0 Å². The number of anilines is 2. The van der Waals surface area contributed by atoms with Crippen molar-refractivity contribution in [1.29, 1.82) is 0 Å². The minimum atomic E-state index is 0. The van der Waals surface area contributed by atoms with Crippen LogP contribution in [0.1, 0.15) is 38.7 Å². The van der Waals surface area contributed by atoms with Gasteiger partial charge in [-0.1, -0.05) is 31.7 Å². The molecule has 0 bridgehead atoms. The lowest BCUT2D eigenvalue weighted by Crippen LogP contribution is -2.57. The van der Waals surface area contributed by atoms with E-state index in [-0.39, 0.29) is 1.43 Å². The van der Waals surface area contributed by atoms with Crippen LogP contribution < -0.4 is 10.2 Å². The molecule has 1 aliphatic heterocycles. The maximum absolute atomic E-state index is 4.68. The maximum atomic E-state index is 4.68. The van der Waals surface area contributed by atoms with Gasteiger partial charge < -0.3 is 20.0 Å². The first kappa shape index (κ1) is 27.6. The second-order valence-corrected chi connectivity index (χ2v) is 11.2. The Bertz CT molecular complexity index is 1260. The molecule has 2 aromatic heterocycles. The van der Waals surface area contributed by atoms with Crippen LogP contribution in [0.4, 0.5) is 11.6 Å². The summed E-state index contributed by atoms with van der Waals surface area (Å²) in [6, 6.07) is 13.0. The van der Waals surface area contributed by atoms with Crippen molar-refractivity contribution >= 4 is 28.0 Å². The van der Waals surface area contributed by atoms with Crippen molar-refractivity contribution in [2.24, 2.45) is 5.41 Å². The second kappa shape index (κ2) is 12.4. The molecular weight excluding hydrogens is 468 g/mol. The van der Waals surface area contributed by atoms with Gasteiger partial charge in [-0.15, -0.1) is 0 Å². The third-order valence-corrected chi connectivity index (χ3v) is 7.65. The predicted octanol–water partition coefficient (Wildman–Crippen LogP) is 6.18. The Kier molecular flexibility index (Phi) is 9.05. The van der Waals surface area contributed by atoms with E-state index in [1.165, 1.54) is 23.8 Å². The van der Waals surface area contributed by atoms with Crippen molar-refractivity contribution in [2.75, 3.05) is 64.6 Å². The summed E-state index contributed by atoms with van der Waals surface area (Å²) in [5, 5.41) is 5.83. The number of rotatable bonds is 13. The van der Waals surface area contributed by atoms with E-state index in [0.717, 1.165) is 67.2 Å². The first-order valence-electron chi connectivity index (χ1n) is 13.8. The topological polar surface area (TPSA) is 47.5 Å². The Labute approximate surface area is 230 Å². The number of fused-ring (bicyclic) bond motifs is 1. The van der Waals surface area contributed by atoms with Crippen molar-refractivity contribution in [2.45, 2.75) is 32.6 Å². The average molecular weight is 515 g/mol. The highest BCUT2D eigenvalue weighted by Crippen LogP contribution is 2.39. The van der Waals surface area contributed by atoms with Crippen LogP contribution in [0.15, 0.2) is 67.6 Å².